The molecule has 0 spiro atoms. The van der Waals surface area contributed by atoms with Crippen molar-refractivity contribution in [3.05, 3.63) is 12.2 Å². The van der Waals surface area contributed by atoms with Crippen molar-refractivity contribution >= 4 is 5.91 Å². The van der Waals surface area contributed by atoms with Gasteiger partial charge in [0, 0.05) is 6.04 Å². The van der Waals surface area contributed by atoms with Gasteiger partial charge in [-0.05, 0) is 6.92 Å². The maximum absolute atomic E-state index is 11.8. The molecule has 1 amide bonds. The van der Waals surface area contributed by atoms with Gasteiger partial charge in [0.05, 0.1) is 25.2 Å². The summed E-state index contributed by atoms with van der Waals surface area (Å²) in [4.78, 5) is 15.8. The number of nitrogens with zero attached hydrogens (tertiary/aromatic N) is 2. The molecule has 3 atom stereocenters. The molecular formula is C9H15N5O2. The van der Waals surface area contributed by atoms with Gasteiger partial charge < -0.3 is 15.8 Å². The third-order valence-corrected chi connectivity index (χ3v) is 2.66. The van der Waals surface area contributed by atoms with Gasteiger partial charge in [-0.25, -0.2) is 4.98 Å². The first kappa shape index (κ1) is 11.0. The molecule has 16 heavy (non-hydrogen) atoms. The Balaban J connectivity index is 1.92. The van der Waals surface area contributed by atoms with E-state index in [1.807, 2.05) is 6.92 Å². The van der Waals surface area contributed by atoms with Crippen LogP contribution in [0.25, 0.3) is 0 Å². The average Bonchev–Trinajstić information content (AvgIpc) is 2.86. The summed E-state index contributed by atoms with van der Waals surface area (Å²) in [5.41, 5.74) is 5.75. The zero-order valence-corrected chi connectivity index (χ0v) is 9.01. The summed E-state index contributed by atoms with van der Waals surface area (Å²) < 4.78 is 5.14. The Morgan fingerprint density at radius 3 is 3.12 bits per heavy atom. The van der Waals surface area contributed by atoms with Gasteiger partial charge in [0.25, 0.3) is 0 Å². The third-order valence-electron chi connectivity index (χ3n) is 2.66. The number of hydrogen-bond donors (Lipinski definition) is 3. The minimum atomic E-state index is -0.273. The number of H-pyrrole nitrogens is 1. The number of aromatic nitrogens is 3. The third kappa shape index (κ3) is 2.20. The van der Waals surface area contributed by atoms with Crippen molar-refractivity contribution in [2.75, 3.05) is 13.2 Å². The van der Waals surface area contributed by atoms with Crippen molar-refractivity contribution in [2.45, 2.75) is 19.0 Å². The van der Waals surface area contributed by atoms with Gasteiger partial charge in [0.1, 0.15) is 12.2 Å². The molecule has 1 aliphatic heterocycles. The molecule has 1 saturated heterocycles. The Labute approximate surface area is 92.8 Å². The van der Waals surface area contributed by atoms with Crippen LogP contribution in [-0.2, 0) is 9.53 Å². The van der Waals surface area contributed by atoms with E-state index in [9.17, 15) is 4.79 Å². The largest absolute Gasteiger partial charge is 0.379 e. The number of carbonyl (C=O) groups is 1. The minimum Gasteiger partial charge on any atom is -0.379 e. The highest BCUT2D eigenvalue weighted by atomic mass is 16.5. The zero-order chi connectivity index (χ0) is 11.5. The first-order chi connectivity index (χ1) is 7.68. The monoisotopic (exact) mass is 225 g/mol. The van der Waals surface area contributed by atoms with Crippen LogP contribution in [-0.4, -0.2) is 40.3 Å². The summed E-state index contributed by atoms with van der Waals surface area (Å²) in [5.74, 6) is 0.250. The van der Waals surface area contributed by atoms with Crippen molar-refractivity contribution in [1.29, 1.82) is 0 Å². The summed E-state index contributed by atoms with van der Waals surface area (Å²) >= 11 is 0. The fourth-order valence-electron chi connectivity index (χ4n) is 1.65. The standard InChI is InChI=1S/C9H15N5O2/c1-5(8-11-4-12-14-8)13-9(15)6-2-16-3-7(6)10/h4-7H,2-3,10H2,1H3,(H,13,15)(H,11,12,14). The van der Waals surface area contributed by atoms with Crippen LogP contribution in [0.1, 0.15) is 18.8 Å². The number of hydrogen-bond acceptors (Lipinski definition) is 5. The quantitative estimate of drug-likeness (QED) is 0.609. The summed E-state index contributed by atoms with van der Waals surface area (Å²) in [6.45, 7) is 2.66. The maximum Gasteiger partial charge on any atom is 0.227 e. The van der Waals surface area contributed by atoms with Crippen LogP contribution in [0.4, 0.5) is 0 Å². The number of rotatable bonds is 3. The summed E-state index contributed by atoms with van der Waals surface area (Å²) in [6.07, 6.45) is 1.41. The maximum atomic E-state index is 11.8. The SMILES string of the molecule is CC(NC(=O)C1COCC1N)c1ncn[nH]1. The van der Waals surface area contributed by atoms with E-state index in [2.05, 4.69) is 20.5 Å². The van der Waals surface area contributed by atoms with E-state index in [4.69, 9.17) is 10.5 Å². The summed E-state index contributed by atoms with van der Waals surface area (Å²) in [6, 6.07) is -0.426. The van der Waals surface area contributed by atoms with E-state index in [-0.39, 0.29) is 23.9 Å². The highest BCUT2D eigenvalue weighted by Gasteiger charge is 2.32. The fraction of sp³-hybridized carbons (Fsp3) is 0.667. The molecule has 88 valence electrons. The molecule has 0 bridgehead atoms. The Bertz CT molecular complexity index is 353. The van der Waals surface area contributed by atoms with Gasteiger partial charge in [0.15, 0.2) is 0 Å². The van der Waals surface area contributed by atoms with E-state index >= 15 is 0 Å². The van der Waals surface area contributed by atoms with Gasteiger partial charge in [-0.3, -0.25) is 9.89 Å². The van der Waals surface area contributed by atoms with Crippen molar-refractivity contribution < 1.29 is 9.53 Å². The predicted molar refractivity (Wildman–Crippen MR) is 55.2 cm³/mol. The topological polar surface area (TPSA) is 106 Å². The molecule has 3 unspecified atom stereocenters. The van der Waals surface area contributed by atoms with Crippen LogP contribution in [0.5, 0.6) is 0 Å². The molecule has 0 aromatic carbocycles. The van der Waals surface area contributed by atoms with Gasteiger partial charge >= 0.3 is 0 Å². The molecule has 2 heterocycles. The van der Waals surface area contributed by atoms with E-state index in [0.29, 0.717) is 19.0 Å². The Hall–Kier alpha value is -1.47. The number of nitrogens with two attached hydrogens (primary N) is 1. The van der Waals surface area contributed by atoms with Crippen molar-refractivity contribution in [2.24, 2.45) is 11.7 Å². The van der Waals surface area contributed by atoms with Crippen molar-refractivity contribution in [3.8, 4) is 0 Å². The number of carbonyl (C=O) groups excluding carboxylic acids is 1. The number of amides is 1. The molecule has 0 saturated carbocycles. The molecular weight excluding hydrogens is 210 g/mol. The van der Waals surface area contributed by atoms with Crippen LogP contribution in [0, 0.1) is 5.92 Å². The fourth-order valence-corrected chi connectivity index (χ4v) is 1.65. The van der Waals surface area contributed by atoms with Crippen LogP contribution in [0.15, 0.2) is 6.33 Å². The van der Waals surface area contributed by atoms with Crippen LogP contribution >= 0.6 is 0 Å². The Morgan fingerprint density at radius 1 is 1.75 bits per heavy atom. The second kappa shape index (κ2) is 4.58. The minimum absolute atomic E-state index is 0.103. The van der Waals surface area contributed by atoms with E-state index in [0.717, 1.165) is 0 Å². The highest BCUT2D eigenvalue weighted by molar-refractivity contribution is 5.80. The van der Waals surface area contributed by atoms with E-state index in [1.165, 1.54) is 6.33 Å². The molecule has 1 aliphatic rings. The lowest BCUT2D eigenvalue weighted by Gasteiger charge is -2.16. The molecule has 0 aliphatic carbocycles. The van der Waals surface area contributed by atoms with Gasteiger partial charge in [-0.1, -0.05) is 0 Å². The second-order valence-electron chi connectivity index (χ2n) is 3.91. The molecule has 4 N–H and O–H groups in total. The van der Waals surface area contributed by atoms with Crippen LogP contribution < -0.4 is 11.1 Å². The second-order valence-corrected chi connectivity index (χ2v) is 3.91. The normalized spacial score (nSPS) is 26.6. The lowest BCUT2D eigenvalue weighted by Crippen LogP contribution is -2.42. The van der Waals surface area contributed by atoms with Crippen LogP contribution in [0.2, 0.25) is 0 Å². The highest BCUT2D eigenvalue weighted by Crippen LogP contribution is 2.13. The number of nitrogens with one attached hydrogen (secondary N) is 2. The first-order valence-corrected chi connectivity index (χ1v) is 5.17. The van der Waals surface area contributed by atoms with Gasteiger partial charge in [0.2, 0.25) is 5.91 Å². The summed E-state index contributed by atoms with van der Waals surface area (Å²) in [5, 5.41) is 9.25. The molecule has 1 fully saturated rings. The van der Waals surface area contributed by atoms with Crippen molar-refractivity contribution in [3.63, 3.8) is 0 Å². The van der Waals surface area contributed by atoms with Crippen LogP contribution in [0.3, 0.4) is 0 Å². The van der Waals surface area contributed by atoms with E-state index < -0.39 is 0 Å². The number of aromatic amines is 1. The summed E-state index contributed by atoms with van der Waals surface area (Å²) in [7, 11) is 0. The lowest BCUT2D eigenvalue weighted by molar-refractivity contribution is -0.125. The molecule has 7 nitrogen and oxygen atoms in total. The molecule has 7 heteroatoms. The Morgan fingerprint density at radius 2 is 2.56 bits per heavy atom. The van der Waals surface area contributed by atoms with Crippen molar-refractivity contribution in [1.82, 2.24) is 20.5 Å². The zero-order valence-electron chi connectivity index (χ0n) is 9.01. The Kier molecular flexibility index (Phi) is 3.16. The molecule has 1 aromatic heterocycles. The molecule has 0 radical (unpaired) electrons. The average molecular weight is 225 g/mol. The first-order valence-electron chi connectivity index (χ1n) is 5.17. The number of ether oxygens (including phenoxy) is 1. The van der Waals surface area contributed by atoms with E-state index in [1.54, 1.807) is 0 Å². The molecule has 1 aromatic rings. The van der Waals surface area contributed by atoms with Gasteiger partial charge in [-0.15, -0.1) is 0 Å². The van der Waals surface area contributed by atoms with Gasteiger partial charge in [-0.2, -0.15) is 5.10 Å². The molecule has 2 rings (SSSR count). The smallest absolute Gasteiger partial charge is 0.227 e. The predicted octanol–water partition coefficient (Wildman–Crippen LogP) is -1.04. The lowest BCUT2D eigenvalue weighted by atomic mass is 10.0.